The lowest BCUT2D eigenvalue weighted by atomic mass is 9.70. The number of Topliss-reactive ketones (excluding diaryl/α,β-unsaturated/α-hetero) is 1. The first-order valence-electron chi connectivity index (χ1n) is 9.07. The van der Waals surface area contributed by atoms with Crippen LogP contribution in [0.25, 0.3) is 5.57 Å². The summed E-state index contributed by atoms with van der Waals surface area (Å²) in [4.78, 5) is 13.0. The molecule has 0 heterocycles. The summed E-state index contributed by atoms with van der Waals surface area (Å²) >= 11 is 0. The second-order valence-corrected chi connectivity index (χ2v) is 9.46. The lowest BCUT2D eigenvalue weighted by Gasteiger charge is -2.33. The van der Waals surface area contributed by atoms with Crippen molar-refractivity contribution in [1.82, 2.24) is 0 Å². The normalized spacial score (nSPS) is 19.3. The fourth-order valence-corrected chi connectivity index (χ4v) is 3.76. The monoisotopic (exact) mass is 340 g/mol. The van der Waals surface area contributed by atoms with Crippen LogP contribution in [0.5, 0.6) is 5.75 Å². The van der Waals surface area contributed by atoms with Crippen LogP contribution >= 0.6 is 0 Å². The zero-order valence-corrected chi connectivity index (χ0v) is 17.2. The van der Waals surface area contributed by atoms with Crippen LogP contribution in [0, 0.1) is 18.3 Å². The summed E-state index contributed by atoms with van der Waals surface area (Å²) in [6.07, 6.45) is 2.02. The average molecular weight is 341 g/mol. The fraction of sp³-hybridized carbons (Fsp3) is 0.522. The number of carbonyl (C=O) groups excluding carboxylic acids is 1. The Morgan fingerprint density at radius 3 is 2.00 bits per heavy atom. The van der Waals surface area contributed by atoms with Gasteiger partial charge in [0.25, 0.3) is 0 Å². The van der Waals surface area contributed by atoms with Crippen molar-refractivity contribution in [2.45, 2.75) is 67.7 Å². The molecule has 0 spiro atoms. The predicted molar refractivity (Wildman–Crippen MR) is 106 cm³/mol. The van der Waals surface area contributed by atoms with E-state index in [1.54, 1.807) is 0 Å². The van der Waals surface area contributed by atoms with Gasteiger partial charge >= 0.3 is 0 Å². The molecule has 1 atom stereocenters. The van der Waals surface area contributed by atoms with E-state index in [0.29, 0.717) is 5.75 Å². The number of allylic oxidation sites excluding steroid dienone is 4. The summed E-state index contributed by atoms with van der Waals surface area (Å²) in [6.45, 7) is 18.6. The van der Waals surface area contributed by atoms with Crippen LogP contribution in [-0.2, 0) is 10.2 Å². The van der Waals surface area contributed by atoms with Gasteiger partial charge in [-0.05, 0) is 47.5 Å². The highest BCUT2D eigenvalue weighted by atomic mass is 16.3. The molecule has 136 valence electrons. The number of benzene rings is 1. The summed E-state index contributed by atoms with van der Waals surface area (Å²) in [5, 5.41) is 11.1. The van der Waals surface area contributed by atoms with Crippen molar-refractivity contribution in [2.75, 3.05) is 0 Å². The van der Waals surface area contributed by atoms with Gasteiger partial charge in [-0.2, -0.15) is 0 Å². The number of aromatic hydroxyl groups is 1. The molecule has 2 nitrogen and oxygen atoms in total. The predicted octanol–water partition coefficient (Wildman–Crippen LogP) is 5.96. The summed E-state index contributed by atoms with van der Waals surface area (Å²) in [6, 6.07) is 4.07. The van der Waals surface area contributed by atoms with E-state index in [9.17, 15) is 9.90 Å². The van der Waals surface area contributed by atoms with Gasteiger partial charge in [-0.1, -0.05) is 60.6 Å². The van der Waals surface area contributed by atoms with Gasteiger partial charge in [-0.25, -0.2) is 0 Å². The van der Waals surface area contributed by atoms with Crippen molar-refractivity contribution in [2.24, 2.45) is 11.3 Å². The van der Waals surface area contributed by atoms with Crippen molar-refractivity contribution in [3.8, 4) is 5.75 Å². The Labute approximate surface area is 152 Å². The van der Waals surface area contributed by atoms with E-state index in [4.69, 9.17) is 0 Å². The summed E-state index contributed by atoms with van der Waals surface area (Å²) in [5.41, 5.74) is 4.97. The first-order chi connectivity index (χ1) is 11.2. The van der Waals surface area contributed by atoms with E-state index in [1.165, 1.54) is 0 Å². The van der Waals surface area contributed by atoms with E-state index >= 15 is 0 Å². The van der Waals surface area contributed by atoms with Crippen LogP contribution in [0.2, 0.25) is 0 Å². The van der Waals surface area contributed by atoms with Gasteiger partial charge in [0.2, 0.25) is 0 Å². The van der Waals surface area contributed by atoms with Crippen LogP contribution in [0.3, 0.4) is 0 Å². The standard InChI is InChI=1S/C23H32O2/c1-13-10-16(21(25)17(11-13)22(4,5)6)18-14(2)12-15(3)20(24)19(18)23(7,8)9/h10-12,14,25H,1-9H3. The molecule has 0 aliphatic heterocycles. The highest BCUT2D eigenvalue weighted by Gasteiger charge is 2.35. The second kappa shape index (κ2) is 6.16. The molecule has 0 amide bonds. The quantitative estimate of drug-likeness (QED) is 0.684. The van der Waals surface area contributed by atoms with Crippen molar-refractivity contribution in [3.05, 3.63) is 46.0 Å². The summed E-state index contributed by atoms with van der Waals surface area (Å²) < 4.78 is 0. The molecule has 1 unspecified atom stereocenters. The molecule has 2 rings (SSSR count). The number of phenolic OH excluding ortho intramolecular Hbond substituents is 1. The Bertz CT molecular complexity index is 778. The number of hydrogen-bond donors (Lipinski definition) is 1. The molecule has 0 saturated carbocycles. The Kier molecular flexibility index (Phi) is 4.80. The fourth-order valence-electron chi connectivity index (χ4n) is 3.76. The number of aryl methyl sites for hydroxylation is 1. The van der Waals surface area contributed by atoms with Gasteiger partial charge in [0.1, 0.15) is 5.75 Å². The largest absolute Gasteiger partial charge is 0.507 e. The molecule has 0 fully saturated rings. The van der Waals surface area contributed by atoms with Crippen LogP contribution < -0.4 is 0 Å². The van der Waals surface area contributed by atoms with Gasteiger partial charge < -0.3 is 5.11 Å². The third kappa shape index (κ3) is 3.58. The van der Waals surface area contributed by atoms with Crippen LogP contribution in [0.1, 0.15) is 72.1 Å². The Morgan fingerprint density at radius 1 is 0.960 bits per heavy atom. The number of carbonyl (C=O) groups is 1. The molecular formula is C23H32O2. The zero-order chi connectivity index (χ0) is 19.3. The molecule has 1 aliphatic carbocycles. The van der Waals surface area contributed by atoms with Crippen LogP contribution in [0.4, 0.5) is 0 Å². The minimum absolute atomic E-state index is 0.0902. The summed E-state index contributed by atoms with van der Waals surface area (Å²) in [7, 11) is 0. The Hall–Kier alpha value is -1.83. The molecule has 1 aromatic rings. The Balaban J connectivity index is 2.89. The minimum atomic E-state index is -0.283. The smallest absolute Gasteiger partial charge is 0.185 e. The van der Waals surface area contributed by atoms with Crippen molar-refractivity contribution in [3.63, 3.8) is 0 Å². The minimum Gasteiger partial charge on any atom is -0.507 e. The lowest BCUT2D eigenvalue weighted by molar-refractivity contribution is -0.113. The molecule has 25 heavy (non-hydrogen) atoms. The molecule has 1 aromatic carbocycles. The molecular weight excluding hydrogens is 308 g/mol. The molecule has 0 radical (unpaired) electrons. The highest BCUT2D eigenvalue weighted by Crippen LogP contribution is 2.46. The lowest BCUT2D eigenvalue weighted by Crippen LogP contribution is -2.26. The molecule has 2 heteroatoms. The van der Waals surface area contributed by atoms with E-state index in [2.05, 4.69) is 48.5 Å². The maximum atomic E-state index is 13.0. The maximum absolute atomic E-state index is 13.0. The highest BCUT2D eigenvalue weighted by molar-refractivity contribution is 6.15. The van der Waals surface area contributed by atoms with Gasteiger partial charge in [-0.15, -0.1) is 0 Å². The van der Waals surface area contributed by atoms with E-state index in [0.717, 1.165) is 33.4 Å². The number of phenols is 1. The average Bonchev–Trinajstić information content (AvgIpc) is 2.42. The van der Waals surface area contributed by atoms with E-state index in [1.807, 2.05) is 32.1 Å². The van der Waals surface area contributed by atoms with Gasteiger partial charge in [0, 0.05) is 22.6 Å². The maximum Gasteiger partial charge on any atom is 0.185 e. The van der Waals surface area contributed by atoms with Gasteiger partial charge in [-0.3, -0.25) is 4.79 Å². The van der Waals surface area contributed by atoms with Crippen molar-refractivity contribution >= 4 is 11.4 Å². The Morgan fingerprint density at radius 2 is 1.52 bits per heavy atom. The molecule has 1 aliphatic rings. The molecule has 1 N–H and O–H groups in total. The first-order valence-corrected chi connectivity index (χ1v) is 9.07. The van der Waals surface area contributed by atoms with Crippen molar-refractivity contribution in [1.29, 1.82) is 0 Å². The summed E-state index contributed by atoms with van der Waals surface area (Å²) in [5.74, 6) is 0.494. The van der Waals surface area contributed by atoms with E-state index < -0.39 is 0 Å². The topological polar surface area (TPSA) is 37.3 Å². The molecule has 0 bridgehead atoms. The molecule has 0 aromatic heterocycles. The zero-order valence-electron chi connectivity index (χ0n) is 17.2. The van der Waals surface area contributed by atoms with Crippen LogP contribution in [-0.4, -0.2) is 10.9 Å². The van der Waals surface area contributed by atoms with Gasteiger partial charge in [0.05, 0.1) is 0 Å². The third-order valence-electron chi connectivity index (χ3n) is 4.91. The third-order valence-corrected chi connectivity index (χ3v) is 4.91. The molecule has 0 saturated heterocycles. The number of ketones is 1. The van der Waals surface area contributed by atoms with Crippen LogP contribution in [0.15, 0.2) is 29.4 Å². The van der Waals surface area contributed by atoms with Gasteiger partial charge in [0.15, 0.2) is 5.78 Å². The van der Waals surface area contributed by atoms with Crippen molar-refractivity contribution < 1.29 is 9.90 Å². The first kappa shape index (κ1) is 19.5. The SMILES string of the molecule is CC1=CC(C)C(c2cc(C)cc(C(C)(C)C)c2O)=C(C(C)(C)C)C1=O. The second-order valence-electron chi connectivity index (χ2n) is 9.46. The van der Waals surface area contributed by atoms with E-state index in [-0.39, 0.29) is 22.5 Å². The number of rotatable bonds is 1. The number of hydrogen-bond acceptors (Lipinski definition) is 2.